The molecule has 1 N–H and O–H groups in total. The van der Waals surface area contributed by atoms with Gasteiger partial charge in [-0.2, -0.15) is 13.2 Å². The van der Waals surface area contributed by atoms with Crippen molar-refractivity contribution in [3.8, 4) is 0 Å². The summed E-state index contributed by atoms with van der Waals surface area (Å²) < 4.78 is 67.2. The number of aliphatic hydroxyl groups is 1. The minimum atomic E-state index is -5.40. The number of esters is 2. The first-order valence-corrected chi connectivity index (χ1v) is 12.2. The van der Waals surface area contributed by atoms with Crippen LogP contribution >= 0.6 is 0 Å². The Morgan fingerprint density at radius 3 is 2.43 bits per heavy atom. The van der Waals surface area contributed by atoms with Crippen molar-refractivity contribution in [2.45, 2.75) is 76.9 Å². The molecule has 4 aliphatic rings. The molecule has 11 heteroatoms. The Labute approximate surface area is 211 Å². The standard InChI is InChI=1S/C26H30F4O7/c1-13-9-18-17-6-5-15-10-16(32)7-8-22(15,3)24(17,27)20(37-21(34)26(28,29)30)11-23(18,4)25(13,35)19(33)12-36-14(2)31/h7-8,10,13,17-18,20,35H,5-6,9,11-12H2,1-4H3/t13-,17-,18-,20-,22-,23-,24-,25-/m0/s1. The van der Waals surface area contributed by atoms with E-state index in [0.717, 1.165) is 13.0 Å². The number of ether oxygens (including phenoxy) is 2. The number of rotatable bonds is 4. The SMILES string of the molecule is CC(=O)OCC(=O)[C@@]1(O)[C@@H](C)C[C@H]2[C@@H]3CCC4=CC(=O)C=C[C@]4(C)[C@@]3(F)[C@@H](OC(=O)C(F)(F)F)C[C@@]21C. The summed E-state index contributed by atoms with van der Waals surface area (Å²) in [5, 5.41) is 11.8. The van der Waals surface area contributed by atoms with Crippen LogP contribution in [0.4, 0.5) is 17.6 Å². The minimum Gasteiger partial charge on any atom is -0.458 e. The Balaban J connectivity index is 1.85. The summed E-state index contributed by atoms with van der Waals surface area (Å²) in [6.45, 7) is 4.88. The second-order valence-corrected chi connectivity index (χ2v) is 11.2. The van der Waals surface area contributed by atoms with Gasteiger partial charge in [0, 0.05) is 23.7 Å². The van der Waals surface area contributed by atoms with Crippen molar-refractivity contribution >= 4 is 23.5 Å². The average molecular weight is 531 g/mol. The van der Waals surface area contributed by atoms with Crippen LogP contribution in [0.5, 0.6) is 0 Å². The van der Waals surface area contributed by atoms with E-state index in [1.165, 1.54) is 26.0 Å². The molecule has 0 aromatic carbocycles. The van der Waals surface area contributed by atoms with Crippen LogP contribution in [0.3, 0.4) is 0 Å². The van der Waals surface area contributed by atoms with Crippen LogP contribution in [-0.4, -0.2) is 58.8 Å². The number of ketones is 2. The zero-order chi connectivity index (χ0) is 27.8. The molecule has 0 saturated heterocycles. The Hall–Kier alpha value is -2.56. The van der Waals surface area contributed by atoms with Crippen molar-refractivity contribution in [1.29, 1.82) is 0 Å². The van der Waals surface area contributed by atoms with E-state index in [9.17, 15) is 37.5 Å². The van der Waals surface area contributed by atoms with Crippen molar-refractivity contribution in [3.63, 3.8) is 0 Å². The molecule has 4 aliphatic carbocycles. The number of fused-ring (bicyclic) bond motifs is 5. The number of allylic oxidation sites excluding steroid dienone is 4. The van der Waals surface area contributed by atoms with Crippen LogP contribution in [0, 0.1) is 28.6 Å². The molecule has 0 aromatic heterocycles. The largest absolute Gasteiger partial charge is 0.490 e. The molecule has 0 bridgehead atoms. The van der Waals surface area contributed by atoms with E-state index < -0.39 is 82.9 Å². The fourth-order valence-electron chi connectivity index (χ4n) is 7.70. The Kier molecular flexibility index (Phi) is 6.29. The number of Topliss-reactive ketones (excluding diaryl/α,β-unsaturated/α-hetero) is 1. The van der Waals surface area contributed by atoms with E-state index in [4.69, 9.17) is 9.47 Å². The summed E-state index contributed by atoms with van der Waals surface area (Å²) in [6.07, 6.45) is -3.67. The zero-order valence-corrected chi connectivity index (χ0v) is 21.0. The van der Waals surface area contributed by atoms with Gasteiger partial charge in [-0.15, -0.1) is 0 Å². The fourth-order valence-corrected chi connectivity index (χ4v) is 7.70. The molecule has 0 aliphatic heterocycles. The third-order valence-corrected chi connectivity index (χ3v) is 9.51. The summed E-state index contributed by atoms with van der Waals surface area (Å²) in [6, 6.07) is 0. The number of carbonyl (C=O) groups is 4. The number of alkyl halides is 4. The van der Waals surface area contributed by atoms with Crippen LogP contribution in [0.15, 0.2) is 23.8 Å². The second-order valence-electron chi connectivity index (χ2n) is 11.2. The van der Waals surface area contributed by atoms with Crippen molar-refractivity contribution in [2.24, 2.45) is 28.6 Å². The third kappa shape index (κ3) is 3.71. The van der Waals surface area contributed by atoms with Crippen LogP contribution in [0.2, 0.25) is 0 Å². The molecule has 0 aromatic rings. The molecule has 3 saturated carbocycles. The minimum absolute atomic E-state index is 0.111. The highest BCUT2D eigenvalue weighted by Crippen LogP contribution is 2.71. The maximum atomic E-state index is 17.6. The lowest BCUT2D eigenvalue weighted by molar-refractivity contribution is -0.249. The third-order valence-electron chi connectivity index (χ3n) is 9.51. The lowest BCUT2D eigenvalue weighted by Crippen LogP contribution is -2.70. The molecule has 0 unspecified atom stereocenters. The van der Waals surface area contributed by atoms with Crippen molar-refractivity contribution in [3.05, 3.63) is 23.8 Å². The lowest BCUT2D eigenvalue weighted by Gasteiger charge is -2.63. The van der Waals surface area contributed by atoms with Gasteiger partial charge >= 0.3 is 18.1 Å². The van der Waals surface area contributed by atoms with Gasteiger partial charge in [0.15, 0.2) is 18.1 Å². The lowest BCUT2D eigenvalue weighted by atomic mass is 9.44. The Bertz CT molecular complexity index is 1110. The van der Waals surface area contributed by atoms with Crippen LogP contribution in [0.1, 0.15) is 53.4 Å². The van der Waals surface area contributed by atoms with Gasteiger partial charge in [-0.1, -0.05) is 25.5 Å². The zero-order valence-electron chi connectivity index (χ0n) is 21.0. The van der Waals surface area contributed by atoms with E-state index in [1.54, 1.807) is 6.92 Å². The van der Waals surface area contributed by atoms with Crippen molar-refractivity contribution in [2.75, 3.05) is 6.61 Å². The average Bonchev–Trinajstić information content (AvgIpc) is 2.99. The summed E-state index contributed by atoms with van der Waals surface area (Å²) in [5.41, 5.74) is -7.38. The quantitative estimate of drug-likeness (QED) is 0.437. The van der Waals surface area contributed by atoms with Crippen molar-refractivity contribution < 1.29 is 51.3 Å². The maximum Gasteiger partial charge on any atom is 0.490 e. The molecular weight excluding hydrogens is 500 g/mol. The summed E-state index contributed by atoms with van der Waals surface area (Å²) >= 11 is 0. The van der Waals surface area contributed by atoms with Gasteiger partial charge in [0.1, 0.15) is 11.7 Å². The molecule has 8 atom stereocenters. The Morgan fingerprint density at radius 1 is 1.19 bits per heavy atom. The normalized spacial score (nSPS) is 42.7. The van der Waals surface area contributed by atoms with E-state index in [2.05, 4.69) is 0 Å². The van der Waals surface area contributed by atoms with Gasteiger partial charge in [-0.3, -0.25) is 14.4 Å². The molecule has 0 spiro atoms. The highest BCUT2D eigenvalue weighted by atomic mass is 19.4. The highest BCUT2D eigenvalue weighted by Gasteiger charge is 2.77. The fraction of sp³-hybridized carbons (Fsp3) is 0.692. The molecule has 7 nitrogen and oxygen atoms in total. The van der Waals surface area contributed by atoms with E-state index in [1.807, 2.05) is 0 Å². The predicted molar refractivity (Wildman–Crippen MR) is 119 cm³/mol. The van der Waals surface area contributed by atoms with Crippen LogP contribution in [-0.2, 0) is 28.7 Å². The predicted octanol–water partition coefficient (Wildman–Crippen LogP) is 3.58. The molecule has 0 radical (unpaired) electrons. The first kappa shape index (κ1) is 27.5. The van der Waals surface area contributed by atoms with E-state index >= 15 is 4.39 Å². The monoisotopic (exact) mass is 530 g/mol. The topological polar surface area (TPSA) is 107 Å². The molecular formula is C26H30F4O7. The number of carbonyl (C=O) groups excluding carboxylic acids is 4. The molecule has 0 amide bonds. The van der Waals surface area contributed by atoms with Gasteiger partial charge in [-0.25, -0.2) is 9.18 Å². The van der Waals surface area contributed by atoms with Crippen LogP contribution < -0.4 is 0 Å². The Morgan fingerprint density at radius 2 is 1.84 bits per heavy atom. The number of hydrogen-bond acceptors (Lipinski definition) is 7. The second kappa shape index (κ2) is 8.47. The summed E-state index contributed by atoms with van der Waals surface area (Å²) in [7, 11) is 0. The number of hydrogen-bond donors (Lipinski definition) is 1. The van der Waals surface area contributed by atoms with Gasteiger partial charge in [0.05, 0.1) is 0 Å². The smallest absolute Gasteiger partial charge is 0.458 e. The van der Waals surface area contributed by atoms with Gasteiger partial charge in [0.2, 0.25) is 5.78 Å². The molecule has 4 rings (SSSR count). The van der Waals surface area contributed by atoms with E-state index in [0.29, 0.717) is 5.57 Å². The first-order valence-electron chi connectivity index (χ1n) is 12.2. The first-order chi connectivity index (χ1) is 16.9. The molecule has 0 heterocycles. The molecule has 204 valence electrons. The van der Waals surface area contributed by atoms with Gasteiger partial charge < -0.3 is 14.6 Å². The van der Waals surface area contributed by atoms with Crippen LogP contribution in [0.25, 0.3) is 0 Å². The van der Waals surface area contributed by atoms with E-state index in [-0.39, 0.29) is 25.0 Å². The number of halogens is 4. The summed E-state index contributed by atoms with van der Waals surface area (Å²) in [4.78, 5) is 48.6. The molecule has 3 fully saturated rings. The van der Waals surface area contributed by atoms with Gasteiger partial charge in [-0.05, 0) is 56.6 Å². The summed E-state index contributed by atoms with van der Waals surface area (Å²) in [5.74, 6) is -6.99. The van der Waals surface area contributed by atoms with Crippen molar-refractivity contribution in [1.82, 2.24) is 0 Å². The van der Waals surface area contributed by atoms with Gasteiger partial charge in [0.25, 0.3) is 0 Å². The maximum absolute atomic E-state index is 17.6. The highest BCUT2D eigenvalue weighted by molar-refractivity contribution is 6.01. The molecule has 37 heavy (non-hydrogen) atoms.